The van der Waals surface area contributed by atoms with Gasteiger partial charge < -0.3 is 15.2 Å². The molecular formula is C20H29NO3. The van der Waals surface area contributed by atoms with Crippen LogP contribution in [0.15, 0.2) is 24.3 Å². The van der Waals surface area contributed by atoms with E-state index >= 15 is 0 Å². The van der Waals surface area contributed by atoms with Crippen molar-refractivity contribution in [1.82, 2.24) is 5.32 Å². The molecular weight excluding hydrogens is 302 g/mol. The Labute approximate surface area is 144 Å². The maximum absolute atomic E-state index is 11.6. The van der Waals surface area contributed by atoms with E-state index in [1.165, 1.54) is 36.8 Å². The Kier molecular flexibility index (Phi) is 6.27. The number of carboxylic acid groups (broad SMARTS) is 1. The number of benzene rings is 1. The van der Waals surface area contributed by atoms with Crippen LogP contribution in [0.4, 0.5) is 0 Å². The van der Waals surface area contributed by atoms with E-state index in [0.717, 1.165) is 25.3 Å². The number of aliphatic carboxylic acids is 1. The second-order valence-corrected chi connectivity index (χ2v) is 7.25. The van der Waals surface area contributed by atoms with E-state index in [9.17, 15) is 9.90 Å². The maximum atomic E-state index is 11.6. The number of hydrogen-bond acceptors (Lipinski definition) is 3. The third-order valence-electron chi connectivity index (χ3n) is 5.62. The second kappa shape index (κ2) is 8.63. The fraction of sp³-hybridized carbons (Fsp3) is 0.650. The normalized spacial score (nSPS) is 21.0. The molecule has 1 aliphatic carbocycles. The number of hydrogen-bond donors (Lipinski definition) is 2. The van der Waals surface area contributed by atoms with Gasteiger partial charge in [-0.15, -0.1) is 0 Å². The Morgan fingerprint density at radius 3 is 2.67 bits per heavy atom. The molecule has 1 unspecified atom stereocenters. The number of ether oxygens (including phenoxy) is 1. The topological polar surface area (TPSA) is 58.6 Å². The zero-order chi connectivity index (χ0) is 16.8. The standard InChI is InChI=1S/C20H29NO3/c22-20(23)19(17-8-10-24-11-9-17)14-21-13-15-4-3-7-18(12-15)16-5-1-2-6-16/h3-4,7,12,16-17,19,21H,1-2,5-6,8-11,13-14H2,(H,22,23). The first-order valence-corrected chi connectivity index (χ1v) is 9.34. The van der Waals surface area contributed by atoms with Crippen LogP contribution in [0.1, 0.15) is 55.6 Å². The minimum atomic E-state index is -0.686. The van der Waals surface area contributed by atoms with Crippen molar-refractivity contribution < 1.29 is 14.6 Å². The van der Waals surface area contributed by atoms with Crippen LogP contribution >= 0.6 is 0 Å². The second-order valence-electron chi connectivity index (χ2n) is 7.25. The number of rotatable bonds is 7. The molecule has 1 aromatic rings. The SMILES string of the molecule is O=C(O)C(CNCc1cccc(C2CCCC2)c1)C1CCOCC1. The minimum absolute atomic E-state index is 0.230. The monoisotopic (exact) mass is 331 g/mol. The molecule has 0 aromatic heterocycles. The summed E-state index contributed by atoms with van der Waals surface area (Å²) in [6.07, 6.45) is 7.02. The molecule has 0 spiro atoms. The summed E-state index contributed by atoms with van der Waals surface area (Å²) < 4.78 is 5.35. The van der Waals surface area contributed by atoms with E-state index in [1.54, 1.807) is 0 Å². The first kappa shape index (κ1) is 17.4. The van der Waals surface area contributed by atoms with Crippen LogP contribution in [0, 0.1) is 11.8 Å². The summed E-state index contributed by atoms with van der Waals surface area (Å²) >= 11 is 0. The third-order valence-corrected chi connectivity index (χ3v) is 5.62. The van der Waals surface area contributed by atoms with Gasteiger partial charge in [-0.1, -0.05) is 37.1 Å². The van der Waals surface area contributed by atoms with Gasteiger partial charge in [0.1, 0.15) is 0 Å². The van der Waals surface area contributed by atoms with Crippen LogP contribution in [0.2, 0.25) is 0 Å². The zero-order valence-corrected chi connectivity index (χ0v) is 14.4. The Morgan fingerprint density at radius 1 is 1.21 bits per heavy atom. The highest BCUT2D eigenvalue weighted by Crippen LogP contribution is 2.34. The van der Waals surface area contributed by atoms with E-state index < -0.39 is 5.97 Å². The largest absolute Gasteiger partial charge is 0.481 e. The average molecular weight is 331 g/mol. The van der Waals surface area contributed by atoms with Crippen molar-refractivity contribution in [3.63, 3.8) is 0 Å². The van der Waals surface area contributed by atoms with Crippen LogP contribution in [0.25, 0.3) is 0 Å². The van der Waals surface area contributed by atoms with Gasteiger partial charge in [-0.25, -0.2) is 0 Å². The lowest BCUT2D eigenvalue weighted by Crippen LogP contribution is -2.36. The van der Waals surface area contributed by atoms with Gasteiger partial charge in [-0.05, 0) is 48.6 Å². The predicted octanol–water partition coefficient (Wildman–Crippen LogP) is 3.56. The molecule has 1 heterocycles. The van der Waals surface area contributed by atoms with Crippen LogP contribution in [-0.2, 0) is 16.1 Å². The summed E-state index contributed by atoms with van der Waals surface area (Å²) in [6, 6.07) is 8.81. The fourth-order valence-electron chi connectivity index (χ4n) is 4.16. The molecule has 0 bridgehead atoms. The summed E-state index contributed by atoms with van der Waals surface area (Å²) in [5, 5.41) is 12.9. The summed E-state index contributed by atoms with van der Waals surface area (Å²) in [7, 11) is 0. The lowest BCUT2D eigenvalue weighted by molar-refractivity contribution is -0.144. The first-order valence-electron chi connectivity index (χ1n) is 9.34. The molecule has 24 heavy (non-hydrogen) atoms. The van der Waals surface area contributed by atoms with Crippen LogP contribution in [0.5, 0.6) is 0 Å². The van der Waals surface area contributed by atoms with Crippen LogP contribution in [0.3, 0.4) is 0 Å². The quantitative estimate of drug-likeness (QED) is 0.802. The van der Waals surface area contributed by atoms with Gasteiger partial charge >= 0.3 is 5.97 Å². The number of carboxylic acids is 1. The van der Waals surface area contributed by atoms with Crippen molar-refractivity contribution in [3.05, 3.63) is 35.4 Å². The smallest absolute Gasteiger partial charge is 0.308 e. The molecule has 4 nitrogen and oxygen atoms in total. The molecule has 0 radical (unpaired) electrons. The molecule has 2 N–H and O–H groups in total. The predicted molar refractivity (Wildman–Crippen MR) is 94.0 cm³/mol. The Morgan fingerprint density at radius 2 is 1.96 bits per heavy atom. The summed E-state index contributed by atoms with van der Waals surface area (Å²) in [5.41, 5.74) is 2.71. The van der Waals surface area contributed by atoms with Gasteiger partial charge in [0.2, 0.25) is 0 Å². The van der Waals surface area contributed by atoms with E-state index in [4.69, 9.17) is 4.74 Å². The van der Waals surface area contributed by atoms with Gasteiger partial charge in [-0.3, -0.25) is 4.79 Å². The highest BCUT2D eigenvalue weighted by atomic mass is 16.5. The van der Waals surface area contributed by atoms with Crippen molar-refractivity contribution in [2.45, 2.75) is 51.0 Å². The molecule has 2 aliphatic rings. The van der Waals surface area contributed by atoms with Gasteiger partial charge in [0.05, 0.1) is 5.92 Å². The lowest BCUT2D eigenvalue weighted by atomic mass is 9.86. The molecule has 3 rings (SSSR count). The molecule has 0 amide bonds. The lowest BCUT2D eigenvalue weighted by Gasteiger charge is -2.27. The van der Waals surface area contributed by atoms with E-state index in [-0.39, 0.29) is 11.8 Å². The van der Waals surface area contributed by atoms with E-state index in [0.29, 0.717) is 19.8 Å². The third kappa shape index (κ3) is 4.58. The summed E-state index contributed by atoms with van der Waals surface area (Å²) in [6.45, 7) is 2.66. The van der Waals surface area contributed by atoms with Crippen molar-refractivity contribution in [2.24, 2.45) is 11.8 Å². The van der Waals surface area contributed by atoms with Crippen molar-refractivity contribution in [2.75, 3.05) is 19.8 Å². The van der Waals surface area contributed by atoms with E-state index in [2.05, 4.69) is 29.6 Å². The zero-order valence-electron chi connectivity index (χ0n) is 14.4. The van der Waals surface area contributed by atoms with Crippen molar-refractivity contribution in [1.29, 1.82) is 0 Å². The molecule has 1 aliphatic heterocycles. The van der Waals surface area contributed by atoms with Crippen molar-refractivity contribution >= 4 is 5.97 Å². The molecule has 132 valence electrons. The fourth-order valence-corrected chi connectivity index (χ4v) is 4.16. The van der Waals surface area contributed by atoms with Gasteiger partial charge in [0, 0.05) is 26.3 Å². The number of nitrogens with one attached hydrogen (secondary N) is 1. The molecule has 1 saturated carbocycles. The van der Waals surface area contributed by atoms with Crippen LogP contribution in [-0.4, -0.2) is 30.8 Å². The first-order chi connectivity index (χ1) is 11.7. The van der Waals surface area contributed by atoms with Crippen LogP contribution < -0.4 is 5.32 Å². The van der Waals surface area contributed by atoms with Gasteiger partial charge in [0.15, 0.2) is 0 Å². The Bertz CT molecular complexity index is 533. The van der Waals surface area contributed by atoms with Gasteiger partial charge in [0.25, 0.3) is 0 Å². The van der Waals surface area contributed by atoms with E-state index in [1.807, 2.05) is 0 Å². The molecule has 2 fully saturated rings. The average Bonchev–Trinajstić information content (AvgIpc) is 3.14. The molecule has 4 heteroatoms. The molecule has 1 atom stereocenters. The minimum Gasteiger partial charge on any atom is -0.481 e. The molecule has 1 saturated heterocycles. The molecule has 1 aromatic carbocycles. The van der Waals surface area contributed by atoms with Crippen molar-refractivity contribution in [3.8, 4) is 0 Å². The highest BCUT2D eigenvalue weighted by molar-refractivity contribution is 5.70. The summed E-state index contributed by atoms with van der Waals surface area (Å²) in [5.74, 6) is -0.0476. The summed E-state index contributed by atoms with van der Waals surface area (Å²) in [4.78, 5) is 11.6. The highest BCUT2D eigenvalue weighted by Gasteiger charge is 2.29. The Hall–Kier alpha value is -1.39. The maximum Gasteiger partial charge on any atom is 0.308 e. The number of carbonyl (C=O) groups is 1. The van der Waals surface area contributed by atoms with Gasteiger partial charge in [-0.2, -0.15) is 0 Å². The Balaban J connectivity index is 1.52.